The minimum atomic E-state index is -0.117. The molecule has 5 heteroatoms. The summed E-state index contributed by atoms with van der Waals surface area (Å²) in [5, 5.41) is 4.21. The van der Waals surface area contributed by atoms with Crippen LogP contribution in [0.15, 0.2) is 6.07 Å². The molecule has 1 rings (SSSR count). The van der Waals surface area contributed by atoms with Crippen LogP contribution in [0.2, 0.25) is 15.2 Å². The summed E-state index contributed by atoms with van der Waals surface area (Å²) in [5.41, 5.74) is -0.117. The number of pyridine rings is 1. The van der Waals surface area contributed by atoms with Gasteiger partial charge in [0.2, 0.25) is 0 Å². The molecule has 0 aliphatic rings. The molecule has 14 heavy (non-hydrogen) atoms. The number of hydrogen-bond donors (Lipinski definition) is 1. The van der Waals surface area contributed by atoms with Gasteiger partial charge >= 0.3 is 0 Å². The van der Waals surface area contributed by atoms with Gasteiger partial charge in [0.25, 0.3) is 0 Å². The van der Waals surface area contributed by atoms with E-state index in [2.05, 4.69) is 10.3 Å². The lowest BCUT2D eigenvalue weighted by molar-refractivity contribution is 0.630. The molecule has 0 radical (unpaired) electrons. The number of rotatable bonds is 1. The van der Waals surface area contributed by atoms with Crippen molar-refractivity contribution >= 4 is 40.6 Å². The molecule has 0 saturated heterocycles. The third-order valence-electron chi connectivity index (χ3n) is 1.38. The van der Waals surface area contributed by atoms with Crippen LogP contribution in [0.25, 0.3) is 0 Å². The largest absolute Gasteiger partial charge is 0.364 e. The van der Waals surface area contributed by atoms with E-state index in [1.165, 1.54) is 0 Å². The lowest BCUT2D eigenvalue weighted by Gasteiger charge is -2.22. The molecule has 0 aliphatic heterocycles. The van der Waals surface area contributed by atoms with E-state index >= 15 is 0 Å². The van der Waals surface area contributed by atoms with E-state index < -0.39 is 0 Å². The molecular formula is C9H11Cl3N2. The first kappa shape index (κ1) is 11.9. The second-order valence-electron chi connectivity index (χ2n) is 3.97. The van der Waals surface area contributed by atoms with E-state index in [0.717, 1.165) is 0 Å². The Morgan fingerprint density at radius 2 is 1.71 bits per heavy atom. The third kappa shape index (κ3) is 3.19. The Morgan fingerprint density at radius 1 is 1.14 bits per heavy atom. The third-order valence-corrected chi connectivity index (χ3v) is 2.34. The Labute approximate surface area is 98.6 Å². The summed E-state index contributed by atoms with van der Waals surface area (Å²) in [7, 11) is 0. The Kier molecular flexibility index (Phi) is 3.51. The maximum Gasteiger partial charge on any atom is 0.150 e. The SMILES string of the molecule is CC(C)(C)Nc1nc(Cl)c(Cl)cc1Cl. The number of anilines is 1. The van der Waals surface area contributed by atoms with Crippen molar-refractivity contribution in [2.45, 2.75) is 26.3 Å². The first-order chi connectivity index (χ1) is 6.29. The molecule has 78 valence electrons. The monoisotopic (exact) mass is 252 g/mol. The van der Waals surface area contributed by atoms with Crippen molar-refractivity contribution in [3.8, 4) is 0 Å². The molecule has 0 atom stereocenters. The first-order valence-electron chi connectivity index (χ1n) is 4.09. The molecule has 0 saturated carbocycles. The van der Waals surface area contributed by atoms with Crippen LogP contribution in [-0.2, 0) is 0 Å². The maximum atomic E-state index is 5.94. The van der Waals surface area contributed by atoms with E-state index in [9.17, 15) is 0 Å². The minimum Gasteiger partial charge on any atom is -0.364 e. The molecular weight excluding hydrogens is 242 g/mol. The van der Waals surface area contributed by atoms with Gasteiger partial charge in [-0.25, -0.2) is 4.98 Å². The van der Waals surface area contributed by atoms with E-state index in [0.29, 0.717) is 15.9 Å². The van der Waals surface area contributed by atoms with Crippen LogP contribution in [0.3, 0.4) is 0 Å². The van der Waals surface area contributed by atoms with Gasteiger partial charge in [-0.2, -0.15) is 0 Å². The Morgan fingerprint density at radius 3 is 2.21 bits per heavy atom. The second kappa shape index (κ2) is 4.13. The fraction of sp³-hybridized carbons (Fsp3) is 0.444. The quantitative estimate of drug-likeness (QED) is 0.757. The topological polar surface area (TPSA) is 24.9 Å². The normalized spacial score (nSPS) is 11.6. The molecule has 1 heterocycles. The summed E-state index contributed by atoms with van der Waals surface area (Å²) in [5.74, 6) is 0.550. The van der Waals surface area contributed by atoms with E-state index in [1.54, 1.807) is 6.07 Å². The van der Waals surface area contributed by atoms with Crippen LogP contribution in [0.5, 0.6) is 0 Å². The van der Waals surface area contributed by atoms with Crippen LogP contribution < -0.4 is 5.32 Å². The zero-order valence-electron chi connectivity index (χ0n) is 8.16. The predicted molar refractivity (Wildman–Crippen MR) is 62.6 cm³/mol. The molecule has 1 aromatic heterocycles. The smallest absolute Gasteiger partial charge is 0.150 e. The molecule has 0 amide bonds. The number of halogens is 3. The summed E-state index contributed by atoms with van der Waals surface area (Å²) in [4.78, 5) is 4.05. The highest BCUT2D eigenvalue weighted by Gasteiger charge is 2.14. The lowest BCUT2D eigenvalue weighted by atomic mass is 10.1. The van der Waals surface area contributed by atoms with E-state index in [-0.39, 0.29) is 10.7 Å². The van der Waals surface area contributed by atoms with E-state index in [1.807, 2.05) is 20.8 Å². The van der Waals surface area contributed by atoms with Gasteiger partial charge in [-0.05, 0) is 26.8 Å². The summed E-state index contributed by atoms with van der Waals surface area (Å²) in [6.07, 6.45) is 0. The lowest BCUT2D eigenvalue weighted by Crippen LogP contribution is -2.26. The average Bonchev–Trinajstić information content (AvgIpc) is 1.97. The van der Waals surface area contributed by atoms with Crippen LogP contribution in [-0.4, -0.2) is 10.5 Å². The minimum absolute atomic E-state index is 0.117. The van der Waals surface area contributed by atoms with Crippen molar-refractivity contribution in [3.05, 3.63) is 21.3 Å². The number of nitrogens with one attached hydrogen (secondary N) is 1. The van der Waals surface area contributed by atoms with Gasteiger partial charge in [-0.1, -0.05) is 34.8 Å². The molecule has 0 aliphatic carbocycles. The summed E-state index contributed by atoms with van der Waals surface area (Å²) >= 11 is 17.5. The van der Waals surface area contributed by atoms with Crippen molar-refractivity contribution in [2.24, 2.45) is 0 Å². The van der Waals surface area contributed by atoms with Crippen LogP contribution >= 0.6 is 34.8 Å². The summed E-state index contributed by atoms with van der Waals surface area (Å²) < 4.78 is 0. The van der Waals surface area contributed by atoms with Crippen LogP contribution in [0.1, 0.15) is 20.8 Å². The molecule has 0 bridgehead atoms. The fourth-order valence-corrected chi connectivity index (χ4v) is 1.43. The fourth-order valence-electron chi connectivity index (χ4n) is 0.887. The van der Waals surface area contributed by atoms with Gasteiger partial charge < -0.3 is 5.32 Å². The average molecular weight is 254 g/mol. The molecule has 0 unspecified atom stereocenters. The summed E-state index contributed by atoms with van der Waals surface area (Å²) in [6.45, 7) is 6.02. The zero-order valence-corrected chi connectivity index (χ0v) is 10.4. The van der Waals surface area contributed by atoms with Gasteiger partial charge in [0, 0.05) is 5.54 Å². The molecule has 0 spiro atoms. The highest BCUT2D eigenvalue weighted by Crippen LogP contribution is 2.30. The molecule has 1 aromatic rings. The number of aromatic nitrogens is 1. The van der Waals surface area contributed by atoms with Crippen molar-refractivity contribution in [2.75, 3.05) is 5.32 Å². The van der Waals surface area contributed by atoms with Crippen molar-refractivity contribution in [1.29, 1.82) is 0 Å². The van der Waals surface area contributed by atoms with Gasteiger partial charge in [0.05, 0.1) is 10.0 Å². The van der Waals surface area contributed by atoms with Crippen molar-refractivity contribution in [3.63, 3.8) is 0 Å². The highest BCUT2D eigenvalue weighted by molar-refractivity contribution is 6.42. The predicted octanol–water partition coefficient (Wildman–Crippen LogP) is 4.25. The zero-order chi connectivity index (χ0) is 10.9. The van der Waals surface area contributed by atoms with Crippen LogP contribution in [0, 0.1) is 0 Å². The van der Waals surface area contributed by atoms with Gasteiger partial charge in [-0.3, -0.25) is 0 Å². The highest BCUT2D eigenvalue weighted by atomic mass is 35.5. The van der Waals surface area contributed by atoms with Gasteiger partial charge in [0.1, 0.15) is 11.0 Å². The first-order valence-corrected chi connectivity index (χ1v) is 5.23. The van der Waals surface area contributed by atoms with Gasteiger partial charge in [0.15, 0.2) is 0 Å². The Hall–Kier alpha value is -0.180. The maximum absolute atomic E-state index is 5.94. The van der Waals surface area contributed by atoms with Crippen molar-refractivity contribution in [1.82, 2.24) is 4.98 Å². The standard InChI is InChI=1S/C9H11Cl3N2/c1-9(2,3)14-8-6(11)4-5(10)7(12)13-8/h4H,1-3H3,(H,13,14). The molecule has 0 aromatic carbocycles. The molecule has 2 nitrogen and oxygen atoms in total. The molecule has 1 N–H and O–H groups in total. The Bertz CT molecular complexity index is 345. The van der Waals surface area contributed by atoms with Crippen LogP contribution in [0.4, 0.5) is 5.82 Å². The Balaban J connectivity index is 3.04. The van der Waals surface area contributed by atoms with E-state index in [4.69, 9.17) is 34.8 Å². The number of nitrogens with zero attached hydrogens (tertiary/aromatic N) is 1. The summed E-state index contributed by atoms with van der Waals surface area (Å²) in [6, 6.07) is 1.58. The van der Waals surface area contributed by atoms with Crippen molar-refractivity contribution < 1.29 is 0 Å². The number of hydrogen-bond acceptors (Lipinski definition) is 2. The van der Waals surface area contributed by atoms with Gasteiger partial charge in [-0.15, -0.1) is 0 Å². The molecule has 0 fully saturated rings. The second-order valence-corrected chi connectivity index (χ2v) is 5.14.